The summed E-state index contributed by atoms with van der Waals surface area (Å²) in [6.45, 7) is 32.2. The van der Waals surface area contributed by atoms with Crippen molar-refractivity contribution >= 4 is 78.7 Å². The van der Waals surface area contributed by atoms with E-state index in [0.29, 0.717) is 0 Å². The van der Waals surface area contributed by atoms with Gasteiger partial charge in [-0.1, -0.05) is 89.6 Å². The first-order valence-corrected chi connectivity index (χ1v) is 30.1. The molecule has 0 amide bonds. The Morgan fingerprint density at radius 2 is 0.696 bits per heavy atom. The van der Waals surface area contributed by atoms with Crippen molar-refractivity contribution in [3.8, 4) is 0 Å². The van der Waals surface area contributed by atoms with E-state index in [1.54, 1.807) is 0 Å². The number of hydrogen-bond acceptors (Lipinski definition) is 3. The monoisotopic (exact) mass is 474 g/mol. The van der Waals surface area contributed by atoms with E-state index in [9.17, 15) is 0 Å². The van der Waals surface area contributed by atoms with Crippen molar-refractivity contribution in [3.05, 3.63) is 0 Å². The average molecular weight is 475 g/mol. The van der Waals surface area contributed by atoms with Crippen LogP contribution in [0.25, 0.3) is 0 Å². The largest absolute Gasteiger partial charge is 0.115 e. The molecule has 2 atom stereocenters. The van der Waals surface area contributed by atoms with E-state index >= 15 is 0 Å². The molecule has 0 saturated carbocycles. The number of rotatable bonds is 4. The molecule has 0 N–H and O–H groups in total. The summed E-state index contributed by atoms with van der Waals surface area (Å²) in [6.07, 6.45) is 0.218. The maximum absolute atomic E-state index is 2.68. The lowest BCUT2D eigenvalue weighted by molar-refractivity contribution is 1.37. The Labute approximate surface area is 163 Å². The highest BCUT2D eigenvalue weighted by Gasteiger charge is 2.76. The van der Waals surface area contributed by atoms with Crippen LogP contribution in [0.2, 0.25) is 78.6 Å². The molecular formula is C14H36P2S3Si4. The van der Waals surface area contributed by atoms with Gasteiger partial charge in [-0.2, -0.15) is 0 Å². The fourth-order valence-electron chi connectivity index (χ4n) is 4.54. The zero-order valence-corrected chi connectivity index (χ0v) is 25.4. The average Bonchev–Trinajstić information content (AvgIpc) is 2.78. The van der Waals surface area contributed by atoms with Crippen molar-refractivity contribution in [1.82, 2.24) is 0 Å². The second kappa shape index (κ2) is 6.14. The predicted molar refractivity (Wildman–Crippen MR) is 135 cm³/mol. The minimum Gasteiger partial charge on any atom is -0.115 e. The molecule has 0 spiro atoms. The van der Waals surface area contributed by atoms with E-state index in [4.69, 9.17) is 0 Å². The van der Waals surface area contributed by atoms with Crippen LogP contribution in [0.1, 0.15) is 0 Å². The Morgan fingerprint density at radius 1 is 0.478 bits per heavy atom. The molecule has 2 heterocycles. The molecule has 0 aromatic rings. The molecule has 2 aliphatic rings. The van der Waals surface area contributed by atoms with Crippen LogP contribution >= 0.6 is 46.4 Å². The Balaban J connectivity index is 2.56. The molecule has 2 fully saturated rings. The Kier molecular flexibility index (Phi) is 5.89. The van der Waals surface area contributed by atoms with Gasteiger partial charge in [0.05, 0.1) is 32.3 Å². The molecule has 2 bridgehead atoms. The highest BCUT2D eigenvalue weighted by molar-refractivity contribution is 9.24. The fraction of sp³-hybridized carbons (Fsp3) is 1.00. The molecule has 23 heavy (non-hydrogen) atoms. The predicted octanol–water partition coefficient (Wildman–Crippen LogP) is 8.74. The maximum Gasteiger partial charge on any atom is 0.0669 e. The molecular weight excluding hydrogens is 439 g/mol. The second-order valence-electron chi connectivity index (χ2n) is 11.1. The van der Waals surface area contributed by atoms with Crippen molar-refractivity contribution in [1.29, 1.82) is 0 Å². The molecule has 0 aromatic carbocycles. The van der Waals surface area contributed by atoms with Gasteiger partial charge >= 0.3 is 0 Å². The maximum atomic E-state index is 2.68. The quantitative estimate of drug-likeness (QED) is 0.295. The summed E-state index contributed by atoms with van der Waals surface area (Å²) >= 11 is 7.77. The third-order valence-electron chi connectivity index (χ3n) is 5.16. The first kappa shape index (κ1) is 22.1. The molecule has 136 valence electrons. The van der Waals surface area contributed by atoms with Crippen LogP contribution in [-0.4, -0.2) is 39.8 Å². The zero-order valence-electron chi connectivity index (χ0n) is 17.1. The summed E-state index contributed by atoms with van der Waals surface area (Å²) in [6, 6.07) is 0. The van der Waals surface area contributed by atoms with Crippen molar-refractivity contribution in [2.75, 3.05) is 0 Å². The molecule has 9 heteroatoms. The van der Waals surface area contributed by atoms with Gasteiger partial charge in [-0.3, -0.25) is 0 Å². The molecule has 2 saturated heterocycles. The van der Waals surface area contributed by atoms with Gasteiger partial charge in [0.15, 0.2) is 0 Å². The van der Waals surface area contributed by atoms with E-state index in [1.807, 2.05) is 0 Å². The van der Waals surface area contributed by atoms with Crippen LogP contribution < -0.4 is 0 Å². The van der Waals surface area contributed by atoms with Crippen LogP contribution in [0.5, 0.6) is 0 Å². The third-order valence-corrected chi connectivity index (χ3v) is 68.1. The Bertz CT molecular complexity index is 416. The van der Waals surface area contributed by atoms with E-state index in [0.717, 1.165) is 7.47 Å². The first-order chi connectivity index (χ1) is 9.92. The molecule has 0 nitrogen and oxygen atoms in total. The smallest absolute Gasteiger partial charge is 0.0669 e. The minimum atomic E-state index is -1.19. The van der Waals surface area contributed by atoms with Gasteiger partial charge in [-0.15, -0.1) is 22.8 Å². The number of hydrogen-bond donors (Lipinski definition) is 0. The minimum absolute atomic E-state index is 0.109. The van der Waals surface area contributed by atoms with Crippen LogP contribution in [0.15, 0.2) is 0 Å². The molecule has 0 aromatic heterocycles. The fourth-order valence-corrected chi connectivity index (χ4v) is 104. The van der Waals surface area contributed by atoms with Gasteiger partial charge in [0.2, 0.25) is 0 Å². The van der Waals surface area contributed by atoms with Gasteiger partial charge in [0, 0.05) is 20.1 Å². The lowest BCUT2D eigenvalue weighted by Crippen LogP contribution is -2.66. The second-order valence-corrected chi connectivity index (χ2v) is 49.8. The van der Waals surface area contributed by atoms with Crippen LogP contribution in [-0.2, 0) is 0 Å². The summed E-state index contributed by atoms with van der Waals surface area (Å²) in [4.78, 5) is 0. The SMILES string of the molecule is C[Si](C)(C)C1([Si](C)(C)C)SP2SP1SC2([Si](C)(C)C)[Si](C)(C)C. The van der Waals surface area contributed by atoms with Crippen molar-refractivity contribution in [2.24, 2.45) is 0 Å². The van der Waals surface area contributed by atoms with Crippen molar-refractivity contribution in [3.63, 3.8) is 0 Å². The Morgan fingerprint density at radius 3 is 0.826 bits per heavy atom. The van der Waals surface area contributed by atoms with Crippen LogP contribution in [0, 0.1) is 0 Å². The summed E-state index contributed by atoms with van der Waals surface area (Å²) in [7, 11) is -4.74. The zero-order chi connectivity index (χ0) is 18.3. The van der Waals surface area contributed by atoms with Gasteiger partial charge in [-0.05, 0) is 0 Å². The molecule has 2 rings (SSSR count). The van der Waals surface area contributed by atoms with Gasteiger partial charge in [-0.25, -0.2) is 0 Å². The van der Waals surface area contributed by atoms with E-state index in [-0.39, 0.29) is 12.7 Å². The molecule has 0 aliphatic carbocycles. The molecule has 2 unspecified atom stereocenters. The van der Waals surface area contributed by atoms with Crippen LogP contribution in [0.4, 0.5) is 0 Å². The normalized spacial score (nSPS) is 30.8. The lowest BCUT2D eigenvalue weighted by Gasteiger charge is -2.60. The number of fused-ring (bicyclic) bond motifs is 2. The van der Waals surface area contributed by atoms with Gasteiger partial charge < -0.3 is 0 Å². The summed E-state index contributed by atoms with van der Waals surface area (Å²) in [5.74, 6) is 0. The van der Waals surface area contributed by atoms with Crippen LogP contribution in [0.3, 0.4) is 0 Å². The van der Waals surface area contributed by atoms with Gasteiger partial charge in [0.1, 0.15) is 0 Å². The lowest BCUT2D eigenvalue weighted by atomic mass is 11.7. The highest BCUT2D eigenvalue weighted by atomic mass is 33.4. The molecule has 0 radical (unpaired) electrons. The van der Waals surface area contributed by atoms with E-state index in [1.165, 1.54) is 0 Å². The highest BCUT2D eigenvalue weighted by Crippen LogP contribution is 3.08. The Hall–Kier alpha value is 2.78. The topological polar surface area (TPSA) is 0 Å². The third kappa shape index (κ3) is 3.06. The summed E-state index contributed by atoms with van der Waals surface area (Å²) < 4.78 is 1.47. The van der Waals surface area contributed by atoms with Gasteiger partial charge in [0.25, 0.3) is 0 Å². The first-order valence-electron chi connectivity index (χ1n) is 8.59. The summed E-state index contributed by atoms with van der Waals surface area (Å²) in [5, 5.41) is 0. The van der Waals surface area contributed by atoms with E-state index < -0.39 is 32.3 Å². The summed E-state index contributed by atoms with van der Waals surface area (Å²) in [5.41, 5.74) is 0. The van der Waals surface area contributed by atoms with E-state index in [2.05, 4.69) is 112 Å². The van der Waals surface area contributed by atoms with Crippen molar-refractivity contribution < 1.29 is 0 Å². The van der Waals surface area contributed by atoms with Crippen molar-refractivity contribution in [2.45, 2.75) is 86.0 Å². The molecule has 2 aliphatic heterocycles. The standard InChI is InChI=1S/C14H36P2S3Si4/c1-20(2,3)13(21(4,5)6)15-18-14(22(7,8)9,23(10,11)12)16(17-13)19-15/h1-12H3.